The van der Waals surface area contributed by atoms with Crippen molar-refractivity contribution in [1.82, 2.24) is 4.72 Å². The van der Waals surface area contributed by atoms with E-state index in [9.17, 15) is 25.6 Å². The van der Waals surface area contributed by atoms with Crippen LogP contribution in [-0.2, 0) is 19.9 Å². The van der Waals surface area contributed by atoms with Crippen molar-refractivity contribution in [1.29, 1.82) is 0 Å². The highest BCUT2D eigenvalue weighted by Crippen LogP contribution is 2.30. The lowest BCUT2D eigenvalue weighted by atomic mass is 10.0. The van der Waals surface area contributed by atoms with E-state index in [1.807, 2.05) is 0 Å². The molecule has 10 heteroatoms. The second-order valence-corrected chi connectivity index (χ2v) is 9.86. The monoisotopic (exact) mass is 403 g/mol. The van der Waals surface area contributed by atoms with Crippen molar-refractivity contribution in [2.45, 2.75) is 23.8 Å². The van der Waals surface area contributed by atoms with Crippen molar-refractivity contribution in [3.8, 4) is 0 Å². The molecule has 0 amide bonds. The number of sulfone groups is 1. The quantitative estimate of drug-likeness (QED) is 0.830. The van der Waals surface area contributed by atoms with E-state index in [2.05, 4.69) is 20.7 Å². The average Bonchev–Trinajstić information content (AvgIpc) is 2.48. The molecule has 1 unspecified atom stereocenters. The SMILES string of the molecule is CC1(NS(=O)(=O)c2c(F)cc(F)cc2Br)CCS(=O)(=O)C1. The van der Waals surface area contributed by atoms with Gasteiger partial charge in [-0.3, -0.25) is 0 Å². The number of hydrogen-bond acceptors (Lipinski definition) is 4. The lowest BCUT2D eigenvalue weighted by Crippen LogP contribution is -2.47. The normalized spacial score (nSPS) is 25.1. The van der Waals surface area contributed by atoms with Crippen molar-refractivity contribution in [2.75, 3.05) is 11.5 Å². The number of halogens is 3. The van der Waals surface area contributed by atoms with E-state index in [0.717, 1.165) is 6.07 Å². The molecule has 1 aromatic rings. The van der Waals surface area contributed by atoms with Crippen LogP contribution in [-0.4, -0.2) is 33.9 Å². The molecule has 1 heterocycles. The van der Waals surface area contributed by atoms with Gasteiger partial charge in [-0.15, -0.1) is 0 Å². The molecule has 0 radical (unpaired) electrons. The fraction of sp³-hybridized carbons (Fsp3) is 0.455. The molecule has 1 aliphatic heterocycles. The Kier molecular flexibility index (Phi) is 4.20. The highest BCUT2D eigenvalue weighted by Gasteiger charge is 2.42. The largest absolute Gasteiger partial charge is 0.245 e. The van der Waals surface area contributed by atoms with Crippen LogP contribution in [0.1, 0.15) is 13.3 Å². The molecule has 1 aromatic carbocycles. The summed E-state index contributed by atoms with van der Waals surface area (Å²) in [5.41, 5.74) is -1.21. The molecule has 0 bridgehead atoms. The summed E-state index contributed by atoms with van der Waals surface area (Å²) >= 11 is 2.81. The Labute approximate surface area is 129 Å². The summed E-state index contributed by atoms with van der Waals surface area (Å²) < 4.78 is 76.2. The average molecular weight is 404 g/mol. The van der Waals surface area contributed by atoms with Gasteiger partial charge in [-0.05, 0) is 35.3 Å². The number of benzene rings is 1. The van der Waals surface area contributed by atoms with Crippen molar-refractivity contribution in [3.05, 3.63) is 28.2 Å². The van der Waals surface area contributed by atoms with Crippen molar-refractivity contribution >= 4 is 35.8 Å². The van der Waals surface area contributed by atoms with Crippen LogP contribution in [0.5, 0.6) is 0 Å². The van der Waals surface area contributed by atoms with Gasteiger partial charge in [0.2, 0.25) is 10.0 Å². The molecule has 1 fully saturated rings. The molecule has 1 atom stereocenters. The first kappa shape index (κ1) is 16.8. The first-order chi connectivity index (χ1) is 9.44. The Bertz CT molecular complexity index is 771. The molecular formula is C11H12BrF2NO4S2. The topological polar surface area (TPSA) is 80.3 Å². The van der Waals surface area contributed by atoms with Crippen LogP contribution in [0.15, 0.2) is 21.5 Å². The van der Waals surface area contributed by atoms with E-state index in [4.69, 9.17) is 0 Å². The smallest absolute Gasteiger partial charge is 0.229 e. The van der Waals surface area contributed by atoms with Crippen LogP contribution in [0.25, 0.3) is 0 Å². The lowest BCUT2D eigenvalue weighted by molar-refractivity contribution is 0.458. The van der Waals surface area contributed by atoms with Crippen LogP contribution < -0.4 is 4.72 Å². The Balaban J connectivity index is 2.41. The molecule has 21 heavy (non-hydrogen) atoms. The van der Waals surface area contributed by atoms with Gasteiger partial charge in [-0.1, -0.05) is 0 Å². The Morgan fingerprint density at radius 1 is 1.33 bits per heavy atom. The van der Waals surface area contributed by atoms with E-state index in [0.29, 0.717) is 6.07 Å². The predicted octanol–water partition coefficient (Wildman–Crippen LogP) is 1.58. The molecule has 5 nitrogen and oxygen atoms in total. The van der Waals surface area contributed by atoms with Gasteiger partial charge < -0.3 is 0 Å². The summed E-state index contributed by atoms with van der Waals surface area (Å²) in [6, 6.07) is 1.28. The molecular weight excluding hydrogens is 392 g/mol. The minimum Gasteiger partial charge on any atom is -0.229 e. The third kappa shape index (κ3) is 3.61. The van der Waals surface area contributed by atoms with Crippen LogP contribution in [0.3, 0.4) is 0 Å². The maximum atomic E-state index is 13.8. The van der Waals surface area contributed by atoms with Crippen LogP contribution >= 0.6 is 15.9 Å². The highest BCUT2D eigenvalue weighted by atomic mass is 79.9. The zero-order valence-corrected chi connectivity index (χ0v) is 14.1. The first-order valence-corrected chi connectivity index (χ1v) is 9.93. The number of nitrogens with one attached hydrogen (secondary N) is 1. The van der Waals surface area contributed by atoms with Crippen molar-refractivity contribution in [2.24, 2.45) is 0 Å². The Morgan fingerprint density at radius 2 is 1.95 bits per heavy atom. The van der Waals surface area contributed by atoms with E-state index >= 15 is 0 Å². The van der Waals surface area contributed by atoms with Crippen LogP contribution in [0.4, 0.5) is 8.78 Å². The van der Waals surface area contributed by atoms with Crippen molar-refractivity contribution < 1.29 is 25.6 Å². The molecule has 0 aromatic heterocycles. The zero-order chi connectivity index (χ0) is 16.1. The molecule has 2 rings (SSSR count). The molecule has 1 saturated heterocycles. The highest BCUT2D eigenvalue weighted by molar-refractivity contribution is 9.10. The van der Waals surface area contributed by atoms with Crippen molar-refractivity contribution in [3.63, 3.8) is 0 Å². The van der Waals surface area contributed by atoms with Gasteiger partial charge in [0.15, 0.2) is 9.84 Å². The van der Waals surface area contributed by atoms with Gasteiger partial charge in [0.25, 0.3) is 0 Å². The van der Waals surface area contributed by atoms with Crippen LogP contribution in [0, 0.1) is 11.6 Å². The Morgan fingerprint density at radius 3 is 2.43 bits per heavy atom. The molecule has 1 aliphatic rings. The van der Waals surface area contributed by atoms with E-state index in [1.165, 1.54) is 6.92 Å². The molecule has 118 valence electrons. The molecule has 0 spiro atoms. The van der Waals surface area contributed by atoms with Gasteiger partial charge in [-0.2, -0.15) is 0 Å². The second kappa shape index (κ2) is 5.25. The molecule has 0 saturated carbocycles. The fourth-order valence-electron chi connectivity index (χ4n) is 2.25. The fourth-order valence-corrected chi connectivity index (χ4v) is 7.04. The second-order valence-electron chi connectivity index (χ2n) is 5.21. The first-order valence-electron chi connectivity index (χ1n) is 5.83. The van der Waals surface area contributed by atoms with Gasteiger partial charge in [-0.25, -0.2) is 30.3 Å². The van der Waals surface area contributed by atoms with Gasteiger partial charge >= 0.3 is 0 Å². The lowest BCUT2D eigenvalue weighted by Gasteiger charge is -2.24. The maximum Gasteiger partial charge on any atom is 0.245 e. The van der Waals surface area contributed by atoms with Gasteiger partial charge in [0.05, 0.1) is 11.5 Å². The van der Waals surface area contributed by atoms with Gasteiger partial charge in [0, 0.05) is 16.1 Å². The molecule has 1 N–H and O–H groups in total. The maximum absolute atomic E-state index is 13.8. The summed E-state index contributed by atoms with van der Waals surface area (Å²) in [6.45, 7) is 1.43. The van der Waals surface area contributed by atoms with Gasteiger partial charge in [0.1, 0.15) is 16.5 Å². The van der Waals surface area contributed by atoms with E-state index in [-0.39, 0.29) is 22.4 Å². The number of sulfonamides is 1. The summed E-state index contributed by atoms with van der Waals surface area (Å²) in [4.78, 5) is -0.741. The number of rotatable bonds is 3. The van der Waals surface area contributed by atoms with E-state index in [1.54, 1.807) is 0 Å². The minimum absolute atomic E-state index is 0.0923. The standard InChI is InChI=1S/C11H12BrF2NO4S2/c1-11(2-3-20(16,17)6-11)15-21(18,19)10-8(12)4-7(13)5-9(10)14/h4-5,15H,2-3,6H2,1H3. The summed E-state index contributed by atoms with van der Waals surface area (Å²) in [5, 5.41) is 0. The minimum atomic E-state index is -4.33. The van der Waals surface area contributed by atoms with E-state index < -0.39 is 41.9 Å². The third-order valence-corrected chi connectivity index (χ3v) is 7.62. The zero-order valence-electron chi connectivity index (χ0n) is 10.9. The van der Waals surface area contributed by atoms with Crippen LogP contribution in [0.2, 0.25) is 0 Å². The summed E-state index contributed by atoms with van der Waals surface area (Å²) in [6.07, 6.45) is 0.0923. The third-order valence-electron chi connectivity index (χ3n) is 3.12. The predicted molar refractivity (Wildman–Crippen MR) is 76.1 cm³/mol. The number of hydrogen-bond donors (Lipinski definition) is 1. The molecule has 0 aliphatic carbocycles. The Hall–Kier alpha value is -0.580. The summed E-state index contributed by atoms with van der Waals surface area (Å²) in [7, 11) is -7.66. The summed E-state index contributed by atoms with van der Waals surface area (Å²) in [5.74, 6) is -2.68.